The Labute approximate surface area is 151 Å². The van der Waals surface area contributed by atoms with Crippen molar-refractivity contribution in [2.75, 3.05) is 14.2 Å². The van der Waals surface area contributed by atoms with Crippen molar-refractivity contribution in [3.05, 3.63) is 29.8 Å². The van der Waals surface area contributed by atoms with Gasteiger partial charge in [0.25, 0.3) is 0 Å². The van der Waals surface area contributed by atoms with Gasteiger partial charge in [0, 0.05) is 30.1 Å². The first-order valence-electron chi connectivity index (χ1n) is 7.68. The summed E-state index contributed by atoms with van der Waals surface area (Å²) in [6.45, 7) is 6.61. The third-order valence-corrected chi connectivity index (χ3v) is 4.49. The molecule has 0 bridgehead atoms. The van der Waals surface area contributed by atoms with Crippen molar-refractivity contribution >= 4 is 29.9 Å². The van der Waals surface area contributed by atoms with E-state index in [0.29, 0.717) is 12.1 Å². The van der Waals surface area contributed by atoms with Crippen molar-refractivity contribution < 1.29 is 4.74 Å². The van der Waals surface area contributed by atoms with Crippen LogP contribution in [0.4, 0.5) is 0 Å². The Morgan fingerprint density at radius 1 is 1.45 bits per heavy atom. The lowest BCUT2D eigenvalue weighted by atomic mass is 9.96. The first-order chi connectivity index (χ1) is 10.0. The first kappa shape index (κ1) is 19.1. The largest absolute Gasteiger partial charge is 0.496 e. The summed E-state index contributed by atoms with van der Waals surface area (Å²) in [5, 5.41) is 6.94. The Morgan fingerprint density at radius 2 is 2.14 bits per heavy atom. The van der Waals surface area contributed by atoms with Gasteiger partial charge in [-0.2, -0.15) is 0 Å². The number of ether oxygens (including phenoxy) is 1. The van der Waals surface area contributed by atoms with E-state index in [0.717, 1.165) is 24.6 Å². The highest BCUT2D eigenvalue weighted by molar-refractivity contribution is 14.0. The van der Waals surface area contributed by atoms with Gasteiger partial charge < -0.3 is 15.4 Å². The molecule has 5 heteroatoms. The molecule has 0 spiro atoms. The molecule has 4 nitrogen and oxygen atoms in total. The molecule has 1 aromatic rings. The maximum absolute atomic E-state index is 5.50. The van der Waals surface area contributed by atoms with E-state index in [1.54, 1.807) is 7.11 Å². The van der Waals surface area contributed by atoms with Crippen molar-refractivity contribution in [3.8, 4) is 5.75 Å². The zero-order chi connectivity index (χ0) is 15.5. The Kier molecular flexibility index (Phi) is 6.97. The Hall–Kier alpha value is -0.980. The smallest absolute Gasteiger partial charge is 0.191 e. The van der Waals surface area contributed by atoms with Gasteiger partial charge in [-0.05, 0) is 25.8 Å². The Bertz CT molecular complexity index is 520. The highest BCUT2D eigenvalue weighted by Gasteiger charge is 2.53. The van der Waals surface area contributed by atoms with Crippen LogP contribution in [-0.4, -0.2) is 32.2 Å². The Morgan fingerprint density at radius 3 is 2.73 bits per heavy atom. The van der Waals surface area contributed by atoms with Crippen molar-refractivity contribution in [3.63, 3.8) is 0 Å². The topological polar surface area (TPSA) is 45.7 Å². The highest BCUT2D eigenvalue weighted by Crippen LogP contribution is 2.50. The monoisotopic (exact) mass is 417 g/mol. The van der Waals surface area contributed by atoms with Gasteiger partial charge in [0.15, 0.2) is 5.96 Å². The number of nitrogens with zero attached hydrogens (tertiary/aromatic N) is 1. The molecular weight excluding hydrogens is 389 g/mol. The summed E-state index contributed by atoms with van der Waals surface area (Å²) < 4.78 is 5.50. The predicted octanol–water partition coefficient (Wildman–Crippen LogP) is 3.31. The van der Waals surface area contributed by atoms with E-state index in [1.807, 2.05) is 19.2 Å². The summed E-state index contributed by atoms with van der Waals surface area (Å²) in [6, 6.07) is 9.09. The van der Waals surface area contributed by atoms with E-state index in [4.69, 9.17) is 4.74 Å². The average Bonchev–Trinajstić information content (AvgIpc) is 3.17. The lowest BCUT2D eigenvalue weighted by Gasteiger charge is -2.20. The van der Waals surface area contributed by atoms with Crippen LogP contribution in [0.15, 0.2) is 29.3 Å². The summed E-state index contributed by atoms with van der Waals surface area (Å²) in [5.74, 6) is 1.85. The number of halogens is 1. The predicted molar refractivity (Wildman–Crippen MR) is 104 cm³/mol. The van der Waals surface area contributed by atoms with E-state index in [1.165, 1.54) is 5.56 Å². The molecule has 2 rings (SSSR count). The van der Waals surface area contributed by atoms with Gasteiger partial charge in [0.1, 0.15) is 5.75 Å². The summed E-state index contributed by atoms with van der Waals surface area (Å²) >= 11 is 0. The van der Waals surface area contributed by atoms with E-state index in [2.05, 4.69) is 48.5 Å². The molecule has 0 saturated heterocycles. The van der Waals surface area contributed by atoms with E-state index >= 15 is 0 Å². The minimum absolute atomic E-state index is 0. The molecule has 1 aliphatic carbocycles. The molecule has 3 atom stereocenters. The lowest BCUT2D eigenvalue weighted by molar-refractivity contribution is 0.404. The molecule has 0 radical (unpaired) electrons. The van der Waals surface area contributed by atoms with Gasteiger partial charge in [0.2, 0.25) is 0 Å². The van der Waals surface area contributed by atoms with Crippen LogP contribution in [0.2, 0.25) is 0 Å². The van der Waals surface area contributed by atoms with Gasteiger partial charge in [-0.25, -0.2) is 0 Å². The van der Waals surface area contributed by atoms with Crippen LogP contribution < -0.4 is 15.4 Å². The van der Waals surface area contributed by atoms with Gasteiger partial charge in [-0.15, -0.1) is 24.0 Å². The molecule has 124 valence electrons. The fraction of sp³-hybridized carbons (Fsp3) is 0.588. The van der Waals surface area contributed by atoms with E-state index < -0.39 is 0 Å². The van der Waals surface area contributed by atoms with Crippen LogP contribution in [-0.2, 0) is 5.41 Å². The molecule has 3 unspecified atom stereocenters. The summed E-state index contributed by atoms with van der Waals surface area (Å²) in [5.41, 5.74) is 1.38. The lowest BCUT2D eigenvalue weighted by Crippen LogP contribution is -2.44. The normalized spacial score (nSPS) is 25.0. The number of methoxy groups -OCH3 is 1. The zero-order valence-corrected chi connectivity index (χ0v) is 16.5. The zero-order valence-electron chi connectivity index (χ0n) is 14.1. The van der Waals surface area contributed by atoms with Crippen molar-refractivity contribution in [1.29, 1.82) is 0 Å². The minimum atomic E-state index is 0. The van der Waals surface area contributed by atoms with Crippen molar-refractivity contribution in [2.24, 2.45) is 4.99 Å². The molecule has 1 fully saturated rings. The molecular formula is C17H28IN3O. The van der Waals surface area contributed by atoms with E-state index in [9.17, 15) is 0 Å². The number of benzene rings is 1. The van der Waals surface area contributed by atoms with Crippen molar-refractivity contribution in [1.82, 2.24) is 10.6 Å². The maximum atomic E-state index is 5.50. The van der Waals surface area contributed by atoms with Crippen LogP contribution in [0.1, 0.15) is 39.2 Å². The molecule has 0 amide bonds. The maximum Gasteiger partial charge on any atom is 0.191 e. The quantitative estimate of drug-likeness (QED) is 0.439. The standard InChI is InChI=1S/C17H27N3O.HI/c1-6-12(2)19-16(18-4)20-15-11-17(15,3)13-9-7-8-10-14(13)21-5;/h7-10,12,15H,6,11H2,1-5H3,(H2,18,19,20);1H. The molecule has 22 heavy (non-hydrogen) atoms. The first-order valence-corrected chi connectivity index (χ1v) is 7.68. The Balaban J connectivity index is 0.00000242. The summed E-state index contributed by atoms with van der Waals surface area (Å²) in [6.07, 6.45) is 2.17. The third-order valence-electron chi connectivity index (χ3n) is 4.49. The van der Waals surface area contributed by atoms with Crippen LogP contribution in [0.25, 0.3) is 0 Å². The number of hydrogen-bond acceptors (Lipinski definition) is 2. The van der Waals surface area contributed by atoms with Gasteiger partial charge in [-0.1, -0.05) is 32.0 Å². The van der Waals surface area contributed by atoms with Crippen LogP contribution in [0, 0.1) is 0 Å². The number of para-hydroxylation sites is 1. The molecule has 0 heterocycles. The minimum Gasteiger partial charge on any atom is -0.496 e. The fourth-order valence-corrected chi connectivity index (χ4v) is 2.66. The second-order valence-electron chi connectivity index (χ2n) is 6.04. The number of rotatable bonds is 5. The molecule has 2 N–H and O–H groups in total. The van der Waals surface area contributed by atoms with Crippen LogP contribution in [0.3, 0.4) is 0 Å². The molecule has 1 aromatic carbocycles. The average molecular weight is 417 g/mol. The van der Waals surface area contributed by atoms with E-state index in [-0.39, 0.29) is 29.4 Å². The van der Waals surface area contributed by atoms with Crippen LogP contribution in [0.5, 0.6) is 5.75 Å². The number of hydrogen-bond donors (Lipinski definition) is 2. The SMILES string of the molecule is CCC(C)NC(=NC)NC1CC1(C)c1ccccc1OC.I. The van der Waals surface area contributed by atoms with Gasteiger partial charge >= 0.3 is 0 Å². The molecule has 1 aliphatic rings. The second kappa shape index (κ2) is 8.04. The summed E-state index contributed by atoms with van der Waals surface area (Å²) in [4.78, 5) is 4.32. The highest BCUT2D eigenvalue weighted by atomic mass is 127. The number of guanidine groups is 1. The summed E-state index contributed by atoms with van der Waals surface area (Å²) in [7, 11) is 3.55. The second-order valence-corrected chi connectivity index (χ2v) is 6.04. The van der Waals surface area contributed by atoms with Crippen molar-refractivity contribution in [2.45, 2.75) is 51.1 Å². The molecule has 0 aromatic heterocycles. The van der Waals surface area contributed by atoms with Gasteiger partial charge in [-0.3, -0.25) is 4.99 Å². The number of aliphatic imine (C=N–C) groups is 1. The number of nitrogens with one attached hydrogen (secondary N) is 2. The third kappa shape index (κ3) is 4.06. The molecule has 0 aliphatic heterocycles. The fourth-order valence-electron chi connectivity index (χ4n) is 2.66. The molecule has 1 saturated carbocycles. The van der Waals surface area contributed by atoms with Crippen LogP contribution >= 0.6 is 24.0 Å². The van der Waals surface area contributed by atoms with Gasteiger partial charge in [0.05, 0.1) is 7.11 Å².